The van der Waals surface area contributed by atoms with Gasteiger partial charge in [-0.15, -0.1) is 0 Å². The van der Waals surface area contributed by atoms with Crippen LogP contribution in [0.2, 0.25) is 0 Å². The zero-order chi connectivity index (χ0) is 29.1. The number of piperidine rings is 2. The van der Waals surface area contributed by atoms with Crippen LogP contribution < -0.4 is 10.5 Å². The molecule has 0 radical (unpaired) electrons. The second-order valence-electron chi connectivity index (χ2n) is 11.2. The quantitative estimate of drug-likeness (QED) is 0.544. The molecule has 8 nitrogen and oxygen atoms in total. The molecule has 1 spiro atoms. The number of carboxylic acid groups (broad SMARTS) is 1. The molecule has 0 atom stereocenters. The van der Waals surface area contributed by atoms with Gasteiger partial charge < -0.3 is 20.5 Å². The van der Waals surface area contributed by atoms with Crippen LogP contribution in [0.4, 0.5) is 18.9 Å². The molecule has 2 aromatic rings. The van der Waals surface area contributed by atoms with Crippen LogP contribution in [-0.4, -0.2) is 69.7 Å². The number of para-hydroxylation sites is 1. The van der Waals surface area contributed by atoms with Crippen LogP contribution in [0.25, 0.3) is 6.08 Å². The van der Waals surface area contributed by atoms with Crippen LogP contribution in [-0.2, 0) is 11.3 Å². The largest absolute Gasteiger partial charge is 0.490 e. The summed E-state index contributed by atoms with van der Waals surface area (Å²) in [6.45, 7) is 8.95. The smallest absolute Gasteiger partial charge is 0.483 e. The van der Waals surface area contributed by atoms with E-state index in [2.05, 4.69) is 54.1 Å². The second kappa shape index (κ2) is 11.5. The average Bonchev–Trinajstić information content (AvgIpc) is 2.90. The van der Waals surface area contributed by atoms with Gasteiger partial charge in [0, 0.05) is 30.8 Å². The summed E-state index contributed by atoms with van der Waals surface area (Å²) in [7, 11) is 0. The van der Waals surface area contributed by atoms with Crippen molar-refractivity contribution in [2.75, 3.05) is 31.9 Å². The Hall–Kier alpha value is -3.60. The van der Waals surface area contributed by atoms with Crippen molar-refractivity contribution in [2.45, 2.75) is 57.9 Å². The standard InChI is InChI=1S/C27H34N4O2.C2HF3O2/c1-26(2)9-8-20-4-3-5-21(24(20)33-26)19-30-14-10-27(11-15-30)12-16-31(17-13-27)25(32)23-7-6-22(28)18-29-23;3-2(4,5)1(6)7/h3-9,18H,10-17,19,28H2,1-2H3;(H,6,7). The number of hydrogen-bond acceptors (Lipinski definition) is 6. The molecule has 11 heteroatoms. The van der Waals surface area contributed by atoms with Crippen molar-refractivity contribution in [1.29, 1.82) is 0 Å². The molecule has 216 valence electrons. The molecule has 0 saturated carbocycles. The van der Waals surface area contributed by atoms with E-state index in [9.17, 15) is 18.0 Å². The lowest BCUT2D eigenvalue weighted by molar-refractivity contribution is -0.192. The number of carboxylic acids is 1. The Morgan fingerprint density at radius 2 is 1.68 bits per heavy atom. The highest BCUT2D eigenvalue weighted by Crippen LogP contribution is 2.42. The number of anilines is 1. The van der Waals surface area contributed by atoms with Crippen molar-refractivity contribution in [3.63, 3.8) is 0 Å². The minimum atomic E-state index is -5.08. The SMILES string of the molecule is CC1(C)C=Cc2cccc(CN3CCC4(CC3)CCN(C(=O)c3ccc(N)cn3)CC4)c2O1.O=C(O)C(F)(F)F. The summed E-state index contributed by atoms with van der Waals surface area (Å²) in [6, 6.07) is 9.93. The van der Waals surface area contributed by atoms with Crippen LogP contribution in [0.1, 0.15) is 61.1 Å². The van der Waals surface area contributed by atoms with Crippen molar-refractivity contribution in [2.24, 2.45) is 5.41 Å². The number of rotatable bonds is 3. The molecular formula is C29H35F3N4O4. The maximum atomic E-state index is 12.8. The molecule has 40 heavy (non-hydrogen) atoms. The molecule has 2 fully saturated rings. The predicted molar refractivity (Wildman–Crippen MR) is 145 cm³/mol. The van der Waals surface area contributed by atoms with E-state index in [0.717, 1.165) is 51.3 Å². The maximum absolute atomic E-state index is 12.8. The summed E-state index contributed by atoms with van der Waals surface area (Å²) in [5.41, 5.74) is 9.32. The number of alkyl halides is 3. The van der Waals surface area contributed by atoms with Gasteiger partial charge >= 0.3 is 12.1 Å². The lowest BCUT2D eigenvalue weighted by Gasteiger charge is -2.47. The van der Waals surface area contributed by atoms with Crippen LogP contribution in [0.3, 0.4) is 0 Å². The van der Waals surface area contributed by atoms with Crippen LogP contribution >= 0.6 is 0 Å². The number of carbonyl (C=O) groups is 2. The highest BCUT2D eigenvalue weighted by Gasteiger charge is 2.39. The number of nitrogens with two attached hydrogens (primary N) is 1. The van der Waals surface area contributed by atoms with E-state index in [1.807, 2.05) is 4.90 Å². The topological polar surface area (TPSA) is 109 Å². The van der Waals surface area contributed by atoms with Crippen molar-refractivity contribution in [1.82, 2.24) is 14.8 Å². The highest BCUT2D eigenvalue weighted by molar-refractivity contribution is 5.92. The molecule has 1 aromatic carbocycles. The summed E-state index contributed by atoms with van der Waals surface area (Å²) in [4.78, 5) is 30.4. The Balaban J connectivity index is 0.000000470. The monoisotopic (exact) mass is 560 g/mol. The van der Waals surface area contributed by atoms with Crippen LogP contribution in [0, 0.1) is 5.41 Å². The van der Waals surface area contributed by atoms with Crippen LogP contribution in [0.15, 0.2) is 42.6 Å². The third-order valence-corrected chi connectivity index (χ3v) is 7.83. The molecule has 0 aliphatic carbocycles. The predicted octanol–water partition coefficient (Wildman–Crippen LogP) is 5.00. The molecule has 0 unspecified atom stereocenters. The number of likely N-dealkylation sites (tertiary alicyclic amines) is 2. The van der Waals surface area contributed by atoms with Gasteiger partial charge in [0.15, 0.2) is 0 Å². The fraction of sp³-hybridized carbons (Fsp3) is 0.483. The van der Waals surface area contributed by atoms with E-state index in [0.29, 0.717) is 16.8 Å². The molecule has 3 aliphatic heterocycles. The van der Waals surface area contributed by atoms with Gasteiger partial charge in [-0.05, 0) is 76.2 Å². The van der Waals surface area contributed by atoms with Gasteiger partial charge in [-0.2, -0.15) is 13.2 Å². The van der Waals surface area contributed by atoms with Gasteiger partial charge in [0.25, 0.3) is 5.91 Å². The number of aliphatic carboxylic acids is 1. The van der Waals surface area contributed by atoms with Gasteiger partial charge in [0.2, 0.25) is 0 Å². The zero-order valence-electron chi connectivity index (χ0n) is 22.7. The number of carbonyl (C=O) groups excluding carboxylic acids is 1. The molecular weight excluding hydrogens is 525 g/mol. The zero-order valence-corrected chi connectivity index (χ0v) is 22.7. The van der Waals surface area contributed by atoms with Gasteiger partial charge in [-0.3, -0.25) is 9.69 Å². The minimum absolute atomic E-state index is 0.0214. The van der Waals surface area contributed by atoms with Crippen molar-refractivity contribution in [3.8, 4) is 5.75 Å². The Kier molecular flexibility index (Phi) is 8.44. The molecule has 4 heterocycles. The number of nitrogen functional groups attached to an aromatic ring is 1. The van der Waals surface area contributed by atoms with E-state index >= 15 is 0 Å². The molecule has 3 N–H and O–H groups in total. The first kappa shape index (κ1) is 29.4. The summed E-state index contributed by atoms with van der Waals surface area (Å²) < 4.78 is 38.1. The first-order chi connectivity index (χ1) is 18.8. The fourth-order valence-electron chi connectivity index (χ4n) is 5.38. The normalized spacial score (nSPS) is 19.7. The number of hydrogen-bond donors (Lipinski definition) is 2. The summed E-state index contributed by atoms with van der Waals surface area (Å²) in [5.74, 6) is -1.70. The van der Waals surface area contributed by atoms with E-state index in [1.54, 1.807) is 18.3 Å². The Morgan fingerprint density at radius 3 is 2.25 bits per heavy atom. The molecule has 2 saturated heterocycles. The Labute approximate surface area is 231 Å². The van der Waals surface area contributed by atoms with E-state index in [-0.39, 0.29) is 11.5 Å². The number of aromatic nitrogens is 1. The molecule has 3 aliphatic rings. The fourth-order valence-corrected chi connectivity index (χ4v) is 5.38. The van der Waals surface area contributed by atoms with E-state index < -0.39 is 12.1 Å². The van der Waals surface area contributed by atoms with E-state index in [4.69, 9.17) is 20.4 Å². The number of fused-ring (bicyclic) bond motifs is 1. The third kappa shape index (κ3) is 7.12. The van der Waals surface area contributed by atoms with E-state index in [1.165, 1.54) is 24.0 Å². The van der Waals surface area contributed by atoms with Crippen LogP contribution in [0.5, 0.6) is 5.75 Å². The maximum Gasteiger partial charge on any atom is 0.490 e. The molecule has 1 aromatic heterocycles. The number of halogens is 3. The van der Waals surface area contributed by atoms with Crippen molar-refractivity contribution in [3.05, 3.63) is 59.4 Å². The molecule has 5 rings (SSSR count). The number of amides is 1. The summed E-state index contributed by atoms with van der Waals surface area (Å²) in [6.07, 6.45) is 5.31. The first-order valence-corrected chi connectivity index (χ1v) is 13.3. The molecule has 0 bridgehead atoms. The van der Waals surface area contributed by atoms with Gasteiger partial charge in [-0.1, -0.05) is 24.3 Å². The Morgan fingerprint density at radius 1 is 1.05 bits per heavy atom. The first-order valence-electron chi connectivity index (χ1n) is 13.3. The number of pyridine rings is 1. The average molecular weight is 561 g/mol. The number of nitrogens with zero attached hydrogens (tertiary/aromatic N) is 3. The second-order valence-corrected chi connectivity index (χ2v) is 11.2. The van der Waals surface area contributed by atoms with Crippen molar-refractivity contribution < 1.29 is 32.6 Å². The minimum Gasteiger partial charge on any atom is -0.483 e. The highest BCUT2D eigenvalue weighted by atomic mass is 19.4. The molecule has 1 amide bonds. The number of ether oxygens (including phenoxy) is 1. The third-order valence-electron chi connectivity index (χ3n) is 7.83. The van der Waals surface area contributed by atoms with Gasteiger partial charge in [0.05, 0.1) is 11.9 Å². The van der Waals surface area contributed by atoms with Gasteiger partial charge in [0.1, 0.15) is 17.0 Å². The Bertz CT molecular complexity index is 1240. The van der Waals surface area contributed by atoms with Gasteiger partial charge in [-0.25, -0.2) is 9.78 Å². The lowest BCUT2D eigenvalue weighted by Crippen LogP contribution is -2.48. The number of benzene rings is 1. The lowest BCUT2D eigenvalue weighted by atomic mass is 9.71. The summed E-state index contributed by atoms with van der Waals surface area (Å²) in [5, 5.41) is 7.12. The van der Waals surface area contributed by atoms with Crippen molar-refractivity contribution >= 4 is 23.6 Å². The summed E-state index contributed by atoms with van der Waals surface area (Å²) >= 11 is 0.